The highest BCUT2D eigenvalue weighted by Crippen LogP contribution is 2.29. The van der Waals surface area contributed by atoms with Gasteiger partial charge in [0.2, 0.25) is 0 Å². The van der Waals surface area contributed by atoms with Crippen LogP contribution in [0.2, 0.25) is 0 Å². The maximum absolute atomic E-state index is 11.3. The van der Waals surface area contributed by atoms with E-state index in [4.69, 9.17) is 0 Å². The minimum Gasteiger partial charge on any atom is -0.465 e. The summed E-state index contributed by atoms with van der Waals surface area (Å²) in [7, 11) is 1.38. The molecular weight excluding hydrogens is 362 g/mol. The lowest BCUT2D eigenvalue weighted by Crippen LogP contribution is -2.00. The Morgan fingerprint density at radius 2 is 2.06 bits per heavy atom. The first kappa shape index (κ1) is 13.5. The summed E-state index contributed by atoms with van der Waals surface area (Å²) in [5.74, 6) is -0.317. The third-order valence-electron chi connectivity index (χ3n) is 2.60. The number of ether oxygens (including phenoxy) is 1. The molecule has 94 valence electrons. The number of aryl methyl sites for hydroxylation is 1. The lowest BCUT2D eigenvalue weighted by Gasteiger charge is -2.01. The molecule has 0 amide bonds. The van der Waals surface area contributed by atoms with Crippen LogP contribution in [0.3, 0.4) is 0 Å². The Bertz CT molecular complexity index is 566. The topological polar surface area (TPSA) is 44.1 Å². The molecule has 4 nitrogen and oxygen atoms in total. The SMILES string of the molecule is COC(=O)c1ccc(-c2cn(PI)nc2C)cc1. The molecule has 1 atom stereocenters. The highest BCUT2D eigenvalue weighted by molar-refractivity contribution is 14.2. The van der Waals surface area contributed by atoms with Crippen LogP contribution in [0.25, 0.3) is 11.1 Å². The number of hydrogen-bond acceptors (Lipinski definition) is 3. The van der Waals surface area contributed by atoms with Gasteiger partial charge in [0.1, 0.15) is 0 Å². The molecule has 0 aliphatic carbocycles. The van der Waals surface area contributed by atoms with Crippen molar-refractivity contribution in [3.8, 4) is 11.1 Å². The van der Waals surface area contributed by atoms with Crippen LogP contribution in [0.4, 0.5) is 0 Å². The zero-order valence-corrected chi connectivity index (χ0v) is 13.1. The van der Waals surface area contributed by atoms with E-state index in [-0.39, 0.29) is 5.97 Å². The second-order valence-electron chi connectivity index (χ2n) is 3.73. The average molecular weight is 374 g/mol. The third-order valence-corrected chi connectivity index (χ3v) is 4.49. The van der Waals surface area contributed by atoms with Gasteiger partial charge in [0.15, 0.2) is 0 Å². The minimum atomic E-state index is -0.317. The largest absolute Gasteiger partial charge is 0.465 e. The van der Waals surface area contributed by atoms with Crippen molar-refractivity contribution in [2.75, 3.05) is 7.11 Å². The molecule has 2 rings (SSSR count). The summed E-state index contributed by atoms with van der Waals surface area (Å²) in [5.41, 5.74) is 3.70. The van der Waals surface area contributed by atoms with Gasteiger partial charge >= 0.3 is 5.97 Å². The molecule has 2 aromatic rings. The molecule has 0 fully saturated rings. The first-order chi connectivity index (χ1) is 8.65. The monoisotopic (exact) mass is 374 g/mol. The van der Waals surface area contributed by atoms with Gasteiger partial charge < -0.3 is 4.74 Å². The first-order valence-electron chi connectivity index (χ1n) is 5.27. The van der Waals surface area contributed by atoms with E-state index in [0.717, 1.165) is 16.8 Å². The van der Waals surface area contributed by atoms with Crippen LogP contribution in [0.5, 0.6) is 0 Å². The molecule has 1 aromatic heterocycles. The van der Waals surface area contributed by atoms with Crippen molar-refractivity contribution >= 4 is 34.4 Å². The van der Waals surface area contributed by atoms with E-state index in [9.17, 15) is 4.79 Å². The van der Waals surface area contributed by atoms with Crippen molar-refractivity contribution in [2.24, 2.45) is 0 Å². The van der Waals surface area contributed by atoms with Crippen LogP contribution in [0.15, 0.2) is 30.5 Å². The summed E-state index contributed by atoms with van der Waals surface area (Å²) in [4.78, 5) is 11.3. The van der Waals surface area contributed by atoms with Gasteiger partial charge in [-0.15, -0.1) is 0 Å². The molecule has 0 aliphatic heterocycles. The molecular formula is C12H12IN2O2P. The van der Waals surface area contributed by atoms with Crippen LogP contribution in [-0.4, -0.2) is 22.6 Å². The van der Waals surface area contributed by atoms with Crippen LogP contribution in [-0.2, 0) is 4.74 Å². The van der Waals surface area contributed by atoms with Crippen LogP contribution >= 0.6 is 28.4 Å². The normalized spacial score (nSPS) is 11.1. The number of carbonyl (C=O) groups is 1. The van der Waals surface area contributed by atoms with Gasteiger partial charge in [-0.25, -0.2) is 9.25 Å². The molecule has 1 unspecified atom stereocenters. The van der Waals surface area contributed by atoms with E-state index < -0.39 is 0 Å². The van der Waals surface area contributed by atoms with Gasteiger partial charge in [0.05, 0.1) is 24.7 Å². The molecule has 0 bridgehead atoms. The van der Waals surface area contributed by atoms with Crippen molar-refractivity contribution in [1.29, 1.82) is 0 Å². The van der Waals surface area contributed by atoms with Gasteiger partial charge in [-0.1, -0.05) is 12.1 Å². The summed E-state index contributed by atoms with van der Waals surface area (Å²) in [5, 5.41) is 4.41. The van der Waals surface area contributed by atoms with E-state index in [1.807, 2.05) is 29.7 Å². The lowest BCUT2D eigenvalue weighted by molar-refractivity contribution is 0.0601. The van der Waals surface area contributed by atoms with Crippen LogP contribution in [0, 0.1) is 6.92 Å². The number of aromatic nitrogens is 2. The fourth-order valence-electron chi connectivity index (χ4n) is 1.69. The molecule has 1 heterocycles. The minimum absolute atomic E-state index is 0.317. The van der Waals surface area contributed by atoms with E-state index in [0.29, 0.717) is 11.9 Å². The quantitative estimate of drug-likeness (QED) is 0.470. The Kier molecular flexibility index (Phi) is 4.35. The van der Waals surface area contributed by atoms with E-state index >= 15 is 0 Å². The Morgan fingerprint density at radius 3 is 2.56 bits per heavy atom. The number of methoxy groups -OCH3 is 1. The highest BCUT2D eigenvalue weighted by Gasteiger charge is 2.09. The maximum Gasteiger partial charge on any atom is 0.337 e. The second-order valence-corrected chi connectivity index (χ2v) is 5.80. The molecule has 1 aromatic carbocycles. The molecule has 0 N–H and O–H groups in total. The summed E-state index contributed by atoms with van der Waals surface area (Å²) in [6.45, 7) is 1.98. The predicted octanol–water partition coefficient (Wildman–Crippen LogP) is 3.44. The van der Waals surface area contributed by atoms with Crippen LogP contribution in [0.1, 0.15) is 16.1 Å². The Hall–Kier alpha value is -0.940. The lowest BCUT2D eigenvalue weighted by atomic mass is 10.1. The summed E-state index contributed by atoms with van der Waals surface area (Å²) < 4.78 is 6.59. The van der Waals surface area contributed by atoms with Gasteiger partial charge in [0, 0.05) is 11.8 Å². The number of hydrogen-bond donors (Lipinski definition) is 0. The molecule has 6 heteroatoms. The number of nitrogens with zero attached hydrogens (tertiary/aromatic N) is 2. The number of carbonyl (C=O) groups excluding carboxylic acids is 1. The number of rotatable bonds is 3. The summed E-state index contributed by atoms with van der Waals surface area (Å²) >= 11 is 2.29. The molecule has 0 saturated carbocycles. The van der Waals surface area contributed by atoms with E-state index in [2.05, 4.69) is 31.9 Å². The first-order valence-corrected chi connectivity index (χ1v) is 9.33. The van der Waals surface area contributed by atoms with Gasteiger partial charge in [-0.2, -0.15) is 5.10 Å². The van der Waals surface area contributed by atoms with Crippen molar-refractivity contribution < 1.29 is 9.53 Å². The van der Waals surface area contributed by atoms with Crippen LogP contribution < -0.4 is 0 Å². The number of esters is 1. The zero-order chi connectivity index (χ0) is 13.1. The Labute approximate surface area is 120 Å². The smallest absolute Gasteiger partial charge is 0.337 e. The summed E-state index contributed by atoms with van der Waals surface area (Å²) in [6, 6.07) is 7.36. The zero-order valence-electron chi connectivity index (χ0n) is 9.98. The van der Waals surface area contributed by atoms with Gasteiger partial charge in [-0.3, -0.25) is 0 Å². The van der Waals surface area contributed by atoms with Crippen molar-refractivity contribution in [3.63, 3.8) is 0 Å². The van der Waals surface area contributed by atoms with Gasteiger partial charge in [-0.05, 0) is 46.7 Å². The third kappa shape index (κ3) is 2.72. The maximum atomic E-state index is 11.3. The molecule has 0 radical (unpaired) electrons. The molecule has 0 spiro atoms. The van der Waals surface area contributed by atoms with E-state index in [1.54, 1.807) is 12.1 Å². The average Bonchev–Trinajstić information content (AvgIpc) is 2.79. The fraction of sp³-hybridized carbons (Fsp3) is 0.167. The number of benzene rings is 1. The molecule has 0 aliphatic rings. The second kappa shape index (κ2) is 5.80. The Balaban J connectivity index is 2.34. The number of halogens is 1. The Morgan fingerprint density at radius 1 is 1.39 bits per heavy atom. The van der Waals surface area contributed by atoms with Gasteiger partial charge in [0.25, 0.3) is 0 Å². The fourth-order valence-corrected chi connectivity index (χ4v) is 2.80. The standard InChI is InChI=1S/C12H12IN2O2P/c1-8-11(7-15(14-8)18-13)9-3-5-10(6-4-9)12(16)17-2/h3-7,18H,1-2H3. The predicted molar refractivity (Wildman–Crippen MR) is 81.5 cm³/mol. The van der Waals surface area contributed by atoms with Crippen molar-refractivity contribution in [3.05, 3.63) is 41.7 Å². The summed E-state index contributed by atoms with van der Waals surface area (Å²) in [6.07, 6.45) is 2.61. The van der Waals surface area contributed by atoms with E-state index in [1.165, 1.54) is 7.11 Å². The molecule has 18 heavy (non-hydrogen) atoms. The molecule has 0 saturated heterocycles. The highest BCUT2D eigenvalue weighted by atomic mass is 127. The van der Waals surface area contributed by atoms with Crippen molar-refractivity contribution in [1.82, 2.24) is 9.55 Å². The van der Waals surface area contributed by atoms with Crippen molar-refractivity contribution in [2.45, 2.75) is 6.92 Å².